The summed E-state index contributed by atoms with van der Waals surface area (Å²) in [6.45, 7) is 3.91. The Bertz CT molecular complexity index is 837. The van der Waals surface area contributed by atoms with Crippen LogP contribution in [-0.2, 0) is 4.79 Å². The van der Waals surface area contributed by atoms with Crippen LogP contribution in [0.3, 0.4) is 0 Å². The highest BCUT2D eigenvalue weighted by molar-refractivity contribution is 5.99. The lowest BCUT2D eigenvalue weighted by atomic mass is 9.81. The molecule has 0 saturated heterocycles. The van der Waals surface area contributed by atoms with E-state index in [1.807, 2.05) is 13.0 Å². The fraction of sp³-hybridized carbons (Fsp3) is 0.353. The first-order chi connectivity index (χ1) is 11.0. The average Bonchev–Trinajstić information content (AvgIpc) is 2.84. The third-order valence-corrected chi connectivity index (χ3v) is 4.42. The van der Waals surface area contributed by atoms with Crippen LogP contribution in [0.15, 0.2) is 35.5 Å². The number of rotatable bonds is 1. The molecule has 1 aliphatic carbocycles. The normalized spacial score (nSPS) is 23.3. The van der Waals surface area contributed by atoms with Crippen molar-refractivity contribution in [2.24, 2.45) is 5.92 Å². The summed E-state index contributed by atoms with van der Waals surface area (Å²) in [4.78, 5) is 17.1. The quantitative estimate of drug-likeness (QED) is 0.846. The lowest BCUT2D eigenvalue weighted by Crippen LogP contribution is -2.33. The van der Waals surface area contributed by atoms with Gasteiger partial charge >= 0.3 is 0 Å². The van der Waals surface area contributed by atoms with E-state index in [1.54, 1.807) is 22.9 Å². The molecule has 23 heavy (non-hydrogen) atoms. The minimum atomic E-state index is -0.338. The predicted molar refractivity (Wildman–Crippen MR) is 85.1 cm³/mol. The molecule has 2 N–H and O–H groups in total. The largest absolute Gasteiger partial charge is 0.508 e. The van der Waals surface area contributed by atoms with E-state index in [1.165, 1.54) is 0 Å². The molecule has 0 radical (unpaired) electrons. The van der Waals surface area contributed by atoms with Crippen LogP contribution in [0.1, 0.15) is 37.2 Å². The molecule has 0 bridgehead atoms. The van der Waals surface area contributed by atoms with Crippen LogP contribution in [0.25, 0.3) is 0 Å². The zero-order chi connectivity index (χ0) is 16.1. The molecule has 0 fully saturated rings. The molecular formula is C17H18N4O2. The van der Waals surface area contributed by atoms with Crippen molar-refractivity contribution >= 4 is 11.7 Å². The number of fused-ring (bicyclic) bond motifs is 1. The van der Waals surface area contributed by atoms with Crippen LogP contribution in [-0.4, -0.2) is 25.7 Å². The van der Waals surface area contributed by atoms with Gasteiger partial charge in [-0.05, 0) is 37.0 Å². The topological polar surface area (TPSA) is 80.0 Å². The van der Waals surface area contributed by atoms with E-state index < -0.39 is 0 Å². The van der Waals surface area contributed by atoms with E-state index >= 15 is 0 Å². The van der Waals surface area contributed by atoms with Gasteiger partial charge in [-0.3, -0.25) is 4.79 Å². The smallest absolute Gasteiger partial charge is 0.226 e. The van der Waals surface area contributed by atoms with Gasteiger partial charge in [-0.2, -0.15) is 10.1 Å². The highest BCUT2D eigenvalue weighted by Crippen LogP contribution is 2.41. The van der Waals surface area contributed by atoms with E-state index in [9.17, 15) is 9.90 Å². The van der Waals surface area contributed by atoms with Crippen molar-refractivity contribution < 1.29 is 9.90 Å². The summed E-state index contributed by atoms with van der Waals surface area (Å²) >= 11 is 0. The lowest BCUT2D eigenvalue weighted by Gasteiger charge is -2.34. The number of Topliss-reactive ketones (excluding diaryl/α,β-unsaturated/α-hetero) is 1. The highest BCUT2D eigenvalue weighted by Gasteiger charge is 2.38. The van der Waals surface area contributed by atoms with Gasteiger partial charge in [0.1, 0.15) is 17.6 Å². The van der Waals surface area contributed by atoms with Gasteiger partial charge in [0, 0.05) is 17.7 Å². The number of hydrogen-bond acceptors (Lipinski definition) is 5. The molecule has 2 aliphatic rings. The summed E-state index contributed by atoms with van der Waals surface area (Å²) in [6.07, 6.45) is 1.36. The second-order valence-electron chi connectivity index (χ2n) is 6.38. The lowest BCUT2D eigenvalue weighted by molar-refractivity contribution is -0.117. The number of carbonyl (C=O) groups excluding carboxylic acids is 1. The summed E-state index contributed by atoms with van der Waals surface area (Å²) < 4.78 is 1.75. The molecule has 1 aromatic carbocycles. The second kappa shape index (κ2) is 4.94. The second-order valence-corrected chi connectivity index (χ2v) is 6.38. The third kappa shape index (κ3) is 2.21. The molecule has 2 aromatic rings. The first kappa shape index (κ1) is 14.0. The first-order valence-corrected chi connectivity index (χ1v) is 7.78. The number of carbonyl (C=O) groups is 1. The molecule has 6 nitrogen and oxygen atoms in total. The summed E-state index contributed by atoms with van der Waals surface area (Å²) in [7, 11) is 0. The van der Waals surface area contributed by atoms with E-state index in [0.717, 1.165) is 23.3 Å². The standard InChI is InChI=1S/C17H18N4O2/c1-9-6-13-15(14(23)7-9)16(11-4-3-5-12(22)8-11)21-17(19-13)18-10(2)20-21/h3-5,8-9,16,22H,6-7H2,1-2H3,(H,18,19,20)/t9-,16+/m1/s1. The van der Waals surface area contributed by atoms with E-state index in [4.69, 9.17) is 0 Å². The summed E-state index contributed by atoms with van der Waals surface area (Å²) in [5.74, 6) is 1.93. The predicted octanol–water partition coefficient (Wildman–Crippen LogP) is 2.56. The Labute approximate surface area is 133 Å². The van der Waals surface area contributed by atoms with Gasteiger partial charge < -0.3 is 10.4 Å². The number of anilines is 1. The molecule has 0 amide bonds. The molecule has 1 aliphatic heterocycles. The molecule has 2 heterocycles. The Morgan fingerprint density at radius 3 is 2.96 bits per heavy atom. The number of aryl methyl sites for hydroxylation is 1. The number of phenols is 1. The Morgan fingerprint density at radius 2 is 2.17 bits per heavy atom. The van der Waals surface area contributed by atoms with Crippen molar-refractivity contribution in [1.29, 1.82) is 0 Å². The van der Waals surface area contributed by atoms with Crippen molar-refractivity contribution in [3.05, 3.63) is 46.9 Å². The molecule has 6 heteroatoms. The maximum absolute atomic E-state index is 12.7. The van der Waals surface area contributed by atoms with E-state index in [0.29, 0.717) is 24.1 Å². The molecule has 0 spiro atoms. The fourth-order valence-electron chi connectivity index (χ4n) is 3.52. The van der Waals surface area contributed by atoms with Crippen LogP contribution in [0.2, 0.25) is 0 Å². The van der Waals surface area contributed by atoms with Crippen LogP contribution >= 0.6 is 0 Å². The number of allylic oxidation sites excluding steroid dienone is 2. The van der Waals surface area contributed by atoms with Gasteiger partial charge in [-0.15, -0.1) is 0 Å². The third-order valence-electron chi connectivity index (χ3n) is 4.42. The van der Waals surface area contributed by atoms with Gasteiger partial charge in [-0.1, -0.05) is 19.1 Å². The number of phenolic OH excluding ortho intramolecular Hbond substituents is 1. The van der Waals surface area contributed by atoms with Gasteiger partial charge in [0.05, 0.1) is 0 Å². The zero-order valence-electron chi connectivity index (χ0n) is 13.1. The van der Waals surface area contributed by atoms with Gasteiger partial charge in [-0.25, -0.2) is 4.68 Å². The average molecular weight is 310 g/mol. The number of ketones is 1. The summed E-state index contributed by atoms with van der Waals surface area (Å²) in [5, 5.41) is 17.6. The molecule has 0 unspecified atom stereocenters. The van der Waals surface area contributed by atoms with Gasteiger partial charge in [0.25, 0.3) is 0 Å². The number of benzene rings is 1. The van der Waals surface area contributed by atoms with Crippen LogP contribution in [0, 0.1) is 12.8 Å². The molecule has 1 aromatic heterocycles. The first-order valence-electron chi connectivity index (χ1n) is 7.78. The Morgan fingerprint density at radius 1 is 1.35 bits per heavy atom. The van der Waals surface area contributed by atoms with Crippen molar-refractivity contribution in [2.45, 2.75) is 32.7 Å². The minimum Gasteiger partial charge on any atom is -0.508 e. The van der Waals surface area contributed by atoms with E-state index in [2.05, 4.69) is 22.3 Å². The summed E-state index contributed by atoms with van der Waals surface area (Å²) in [5.41, 5.74) is 2.51. The Kier molecular flexibility index (Phi) is 3.01. The van der Waals surface area contributed by atoms with Crippen LogP contribution in [0.4, 0.5) is 5.95 Å². The van der Waals surface area contributed by atoms with Crippen molar-refractivity contribution in [3.8, 4) is 5.75 Å². The molecule has 2 atom stereocenters. The molecule has 4 rings (SSSR count). The molecular weight excluding hydrogens is 292 g/mol. The number of aromatic nitrogens is 3. The Balaban J connectivity index is 1.93. The molecule has 0 saturated carbocycles. The monoisotopic (exact) mass is 310 g/mol. The van der Waals surface area contributed by atoms with Crippen molar-refractivity contribution in [1.82, 2.24) is 14.8 Å². The maximum Gasteiger partial charge on any atom is 0.226 e. The number of hydrogen-bond donors (Lipinski definition) is 2. The maximum atomic E-state index is 12.7. The number of nitrogens with one attached hydrogen (secondary N) is 1. The van der Waals surface area contributed by atoms with Crippen molar-refractivity contribution in [3.63, 3.8) is 0 Å². The SMILES string of the molecule is Cc1nc2n(n1)[C@@H](c1cccc(O)c1)C1=C(C[C@@H](C)CC1=O)N2. The van der Waals surface area contributed by atoms with Crippen LogP contribution < -0.4 is 5.32 Å². The minimum absolute atomic E-state index is 0.137. The van der Waals surface area contributed by atoms with Crippen LogP contribution in [0.5, 0.6) is 5.75 Å². The Hall–Kier alpha value is -2.63. The van der Waals surface area contributed by atoms with Gasteiger partial charge in [0.15, 0.2) is 5.78 Å². The molecule has 118 valence electrons. The zero-order valence-corrected chi connectivity index (χ0v) is 13.1. The van der Waals surface area contributed by atoms with E-state index in [-0.39, 0.29) is 17.6 Å². The number of nitrogens with zero attached hydrogens (tertiary/aromatic N) is 3. The van der Waals surface area contributed by atoms with Crippen molar-refractivity contribution in [2.75, 3.05) is 5.32 Å². The van der Waals surface area contributed by atoms with Gasteiger partial charge in [0.2, 0.25) is 5.95 Å². The number of aromatic hydroxyl groups is 1. The highest BCUT2D eigenvalue weighted by atomic mass is 16.3. The fourth-order valence-corrected chi connectivity index (χ4v) is 3.52. The summed E-state index contributed by atoms with van der Waals surface area (Å²) in [6, 6.07) is 6.67.